The number of hydrogen-bond acceptors (Lipinski definition) is 3. The molecule has 0 radical (unpaired) electrons. The molecular weight excluding hydrogens is 316 g/mol. The molecule has 3 N–H and O–H groups in total. The summed E-state index contributed by atoms with van der Waals surface area (Å²) in [5, 5.41) is 9.21. The van der Waals surface area contributed by atoms with Gasteiger partial charge in [0.15, 0.2) is 5.96 Å². The number of nitrogens with one attached hydrogen (secondary N) is 3. The van der Waals surface area contributed by atoms with E-state index in [0.717, 1.165) is 25.1 Å². The predicted molar refractivity (Wildman–Crippen MR) is 99.5 cm³/mol. The number of rotatable bonds is 9. The Hall–Kier alpha value is -2.76. The summed E-state index contributed by atoms with van der Waals surface area (Å²) in [6.45, 7) is 4.13. The number of furan rings is 1. The highest BCUT2D eigenvalue weighted by Crippen LogP contribution is 1.99. The van der Waals surface area contributed by atoms with Crippen LogP contribution in [-0.4, -0.2) is 38.0 Å². The number of carbonyl (C=O) groups is 1. The van der Waals surface area contributed by atoms with Crippen molar-refractivity contribution in [2.45, 2.75) is 19.8 Å². The van der Waals surface area contributed by atoms with Crippen molar-refractivity contribution >= 4 is 11.9 Å². The van der Waals surface area contributed by atoms with Gasteiger partial charge in [0, 0.05) is 26.1 Å². The standard InChI is InChI=1S/C19H26N4O2/c1-2-20-19(22-13-11-17-9-6-14-25-17)23-15-18(24)21-12-10-16-7-4-3-5-8-16/h3-9,14H,2,10-13,15H2,1H3,(H,21,24)(H2,20,22,23). The molecule has 0 aliphatic carbocycles. The van der Waals surface area contributed by atoms with Gasteiger partial charge in [0.2, 0.25) is 5.91 Å². The average molecular weight is 342 g/mol. The van der Waals surface area contributed by atoms with Crippen LogP contribution in [0.25, 0.3) is 0 Å². The summed E-state index contributed by atoms with van der Waals surface area (Å²) in [6.07, 6.45) is 3.24. The Morgan fingerprint density at radius 1 is 1.00 bits per heavy atom. The molecule has 0 aliphatic heterocycles. The molecule has 0 saturated carbocycles. The molecule has 2 rings (SSSR count). The summed E-state index contributed by atoms with van der Waals surface area (Å²) >= 11 is 0. The van der Waals surface area contributed by atoms with Gasteiger partial charge in [-0.05, 0) is 31.0 Å². The van der Waals surface area contributed by atoms with E-state index in [1.54, 1.807) is 6.26 Å². The molecule has 2 aromatic rings. The molecule has 1 heterocycles. The van der Waals surface area contributed by atoms with Gasteiger partial charge >= 0.3 is 0 Å². The maximum atomic E-state index is 11.9. The van der Waals surface area contributed by atoms with Crippen molar-refractivity contribution in [3.05, 3.63) is 60.1 Å². The Morgan fingerprint density at radius 2 is 1.80 bits per heavy atom. The molecule has 1 amide bonds. The van der Waals surface area contributed by atoms with E-state index in [2.05, 4.69) is 33.1 Å². The number of amides is 1. The molecule has 0 aliphatic rings. The van der Waals surface area contributed by atoms with Crippen LogP contribution < -0.4 is 16.0 Å². The first kappa shape index (κ1) is 18.6. The molecule has 0 bridgehead atoms. The van der Waals surface area contributed by atoms with Crippen LogP contribution in [0.5, 0.6) is 0 Å². The lowest BCUT2D eigenvalue weighted by atomic mass is 10.1. The maximum absolute atomic E-state index is 11.9. The zero-order valence-corrected chi connectivity index (χ0v) is 14.6. The first-order chi connectivity index (χ1) is 12.3. The molecular formula is C19H26N4O2. The zero-order chi connectivity index (χ0) is 17.7. The van der Waals surface area contributed by atoms with Crippen molar-refractivity contribution in [3.63, 3.8) is 0 Å². The van der Waals surface area contributed by atoms with Crippen LogP contribution in [0.1, 0.15) is 18.2 Å². The highest BCUT2D eigenvalue weighted by molar-refractivity contribution is 5.84. The normalized spacial score (nSPS) is 11.2. The molecule has 0 unspecified atom stereocenters. The van der Waals surface area contributed by atoms with E-state index >= 15 is 0 Å². The van der Waals surface area contributed by atoms with Gasteiger partial charge in [-0.2, -0.15) is 0 Å². The van der Waals surface area contributed by atoms with Gasteiger partial charge in [-0.3, -0.25) is 4.79 Å². The fourth-order valence-corrected chi connectivity index (χ4v) is 2.30. The second-order valence-corrected chi connectivity index (χ2v) is 5.54. The molecule has 134 valence electrons. The van der Waals surface area contributed by atoms with Gasteiger partial charge in [-0.1, -0.05) is 30.3 Å². The Bertz CT molecular complexity index is 639. The largest absolute Gasteiger partial charge is 0.469 e. The Morgan fingerprint density at radius 3 is 2.52 bits per heavy atom. The van der Waals surface area contributed by atoms with Gasteiger partial charge in [0.05, 0.1) is 6.26 Å². The van der Waals surface area contributed by atoms with Gasteiger partial charge in [0.25, 0.3) is 0 Å². The molecule has 1 aromatic heterocycles. The lowest BCUT2D eigenvalue weighted by Gasteiger charge is -2.10. The van der Waals surface area contributed by atoms with Crippen molar-refractivity contribution in [2.75, 3.05) is 26.2 Å². The van der Waals surface area contributed by atoms with E-state index in [4.69, 9.17) is 4.42 Å². The Labute approximate surface area is 148 Å². The van der Waals surface area contributed by atoms with Gasteiger partial charge in [-0.15, -0.1) is 0 Å². The van der Waals surface area contributed by atoms with E-state index in [1.165, 1.54) is 5.56 Å². The summed E-state index contributed by atoms with van der Waals surface area (Å²) in [5.41, 5.74) is 1.21. The maximum Gasteiger partial charge on any atom is 0.241 e. The van der Waals surface area contributed by atoms with Crippen LogP contribution in [0.3, 0.4) is 0 Å². The Balaban J connectivity index is 1.68. The van der Waals surface area contributed by atoms with E-state index < -0.39 is 0 Å². The van der Waals surface area contributed by atoms with Crippen LogP contribution in [0, 0.1) is 0 Å². The number of guanidine groups is 1. The topological polar surface area (TPSA) is 78.7 Å². The van der Waals surface area contributed by atoms with Gasteiger partial charge in [0.1, 0.15) is 12.3 Å². The third kappa shape index (κ3) is 7.56. The minimum atomic E-state index is -0.0841. The van der Waals surface area contributed by atoms with Crippen molar-refractivity contribution in [2.24, 2.45) is 4.99 Å². The highest BCUT2D eigenvalue weighted by atomic mass is 16.3. The lowest BCUT2D eigenvalue weighted by molar-refractivity contribution is -0.119. The summed E-state index contributed by atoms with van der Waals surface area (Å²) < 4.78 is 5.29. The number of carbonyl (C=O) groups excluding carboxylic acids is 1. The lowest BCUT2D eigenvalue weighted by Crippen LogP contribution is -2.39. The van der Waals surface area contributed by atoms with Gasteiger partial charge in [-0.25, -0.2) is 4.99 Å². The minimum Gasteiger partial charge on any atom is -0.469 e. The molecule has 6 nitrogen and oxygen atoms in total. The van der Waals surface area contributed by atoms with E-state index in [0.29, 0.717) is 19.0 Å². The summed E-state index contributed by atoms with van der Waals surface area (Å²) in [5.74, 6) is 1.47. The van der Waals surface area contributed by atoms with Crippen molar-refractivity contribution < 1.29 is 9.21 Å². The molecule has 0 saturated heterocycles. The predicted octanol–water partition coefficient (Wildman–Crippen LogP) is 1.74. The highest BCUT2D eigenvalue weighted by Gasteiger charge is 2.03. The number of benzene rings is 1. The van der Waals surface area contributed by atoms with E-state index in [1.807, 2.05) is 37.3 Å². The van der Waals surface area contributed by atoms with E-state index in [9.17, 15) is 4.79 Å². The third-order valence-electron chi connectivity index (χ3n) is 3.55. The molecule has 25 heavy (non-hydrogen) atoms. The van der Waals surface area contributed by atoms with Gasteiger partial charge < -0.3 is 20.4 Å². The number of aliphatic imine (C=N–C) groups is 1. The first-order valence-corrected chi connectivity index (χ1v) is 8.63. The van der Waals surface area contributed by atoms with Crippen molar-refractivity contribution in [1.29, 1.82) is 0 Å². The van der Waals surface area contributed by atoms with Crippen LogP contribution in [-0.2, 0) is 17.6 Å². The SMILES string of the molecule is CCNC(=NCC(=O)NCCc1ccccc1)NCCc1ccco1. The Kier molecular flexibility index (Phi) is 8.11. The summed E-state index contributed by atoms with van der Waals surface area (Å²) in [6, 6.07) is 13.9. The molecule has 0 spiro atoms. The second-order valence-electron chi connectivity index (χ2n) is 5.54. The van der Waals surface area contributed by atoms with Crippen LogP contribution >= 0.6 is 0 Å². The minimum absolute atomic E-state index is 0.0841. The quantitative estimate of drug-likeness (QED) is 0.479. The molecule has 6 heteroatoms. The fourth-order valence-electron chi connectivity index (χ4n) is 2.30. The van der Waals surface area contributed by atoms with Crippen molar-refractivity contribution in [1.82, 2.24) is 16.0 Å². The molecule has 1 aromatic carbocycles. The molecule has 0 fully saturated rings. The third-order valence-corrected chi connectivity index (χ3v) is 3.55. The van der Waals surface area contributed by atoms with Crippen molar-refractivity contribution in [3.8, 4) is 0 Å². The average Bonchev–Trinajstić information content (AvgIpc) is 3.14. The van der Waals surface area contributed by atoms with Crippen LogP contribution in [0.4, 0.5) is 0 Å². The number of nitrogens with zero attached hydrogens (tertiary/aromatic N) is 1. The van der Waals surface area contributed by atoms with Crippen LogP contribution in [0.15, 0.2) is 58.1 Å². The summed E-state index contributed by atoms with van der Waals surface area (Å²) in [4.78, 5) is 16.2. The first-order valence-electron chi connectivity index (χ1n) is 8.63. The van der Waals surface area contributed by atoms with Crippen LogP contribution in [0.2, 0.25) is 0 Å². The summed E-state index contributed by atoms with van der Waals surface area (Å²) in [7, 11) is 0. The zero-order valence-electron chi connectivity index (χ0n) is 14.6. The number of hydrogen-bond donors (Lipinski definition) is 3. The van der Waals surface area contributed by atoms with E-state index in [-0.39, 0.29) is 12.5 Å². The fraction of sp³-hybridized carbons (Fsp3) is 0.368. The molecule has 0 atom stereocenters. The second kappa shape index (κ2) is 10.9. The smallest absolute Gasteiger partial charge is 0.241 e. The monoisotopic (exact) mass is 342 g/mol.